The molecule has 1 rings (SSSR count). The lowest BCUT2D eigenvalue weighted by Crippen LogP contribution is -2.50. The number of rotatable bonds is 0. The molecule has 1 fully saturated rings. The summed E-state index contributed by atoms with van der Waals surface area (Å²) in [5, 5.41) is 4.15. The second kappa shape index (κ2) is 2.11. The van der Waals surface area contributed by atoms with Gasteiger partial charge in [-0.25, -0.2) is 5.01 Å². The molecule has 0 aliphatic carbocycles. The van der Waals surface area contributed by atoms with Gasteiger partial charge in [0.25, 0.3) is 0 Å². The fourth-order valence-electron chi connectivity index (χ4n) is 0.658. The standard InChI is InChI=1S/C4H9N3O/c5-7-2-1-6-4(8)3-7/h1-3,5H2,(H,6,8). The van der Waals surface area contributed by atoms with E-state index in [2.05, 4.69) is 5.32 Å². The van der Waals surface area contributed by atoms with E-state index in [0.29, 0.717) is 13.1 Å². The number of nitrogens with one attached hydrogen (secondary N) is 1. The zero-order chi connectivity index (χ0) is 5.98. The molecule has 1 aliphatic heterocycles. The molecular formula is C4H9N3O. The zero-order valence-corrected chi connectivity index (χ0v) is 4.55. The maximum atomic E-state index is 10.4. The highest BCUT2D eigenvalue weighted by molar-refractivity contribution is 5.78. The van der Waals surface area contributed by atoms with Crippen molar-refractivity contribution in [2.24, 2.45) is 5.84 Å². The number of piperazine rings is 1. The van der Waals surface area contributed by atoms with Gasteiger partial charge in [0, 0.05) is 13.1 Å². The summed E-state index contributed by atoms with van der Waals surface area (Å²) >= 11 is 0. The van der Waals surface area contributed by atoms with E-state index in [1.807, 2.05) is 0 Å². The van der Waals surface area contributed by atoms with Crippen molar-refractivity contribution >= 4 is 5.91 Å². The van der Waals surface area contributed by atoms with E-state index in [1.165, 1.54) is 5.01 Å². The second-order valence-corrected chi connectivity index (χ2v) is 1.82. The van der Waals surface area contributed by atoms with Crippen LogP contribution in [0.5, 0.6) is 0 Å². The van der Waals surface area contributed by atoms with Crippen molar-refractivity contribution in [1.82, 2.24) is 10.3 Å². The minimum Gasteiger partial charge on any atom is -0.354 e. The van der Waals surface area contributed by atoms with Gasteiger partial charge >= 0.3 is 0 Å². The second-order valence-electron chi connectivity index (χ2n) is 1.82. The predicted molar refractivity (Wildman–Crippen MR) is 28.8 cm³/mol. The van der Waals surface area contributed by atoms with Crippen LogP contribution >= 0.6 is 0 Å². The summed E-state index contributed by atoms with van der Waals surface area (Å²) in [5.74, 6) is 5.31. The quantitative estimate of drug-likeness (QED) is 0.370. The summed E-state index contributed by atoms with van der Waals surface area (Å²) in [7, 11) is 0. The molecule has 0 unspecified atom stereocenters. The minimum absolute atomic E-state index is 0.0127. The van der Waals surface area contributed by atoms with Crippen LogP contribution in [0.1, 0.15) is 0 Å². The lowest BCUT2D eigenvalue weighted by atomic mass is 10.4. The minimum atomic E-state index is 0.0127. The molecule has 0 radical (unpaired) electrons. The molecule has 3 N–H and O–H groups in total. The Labute approximate surface area is 47.6 Å². The lowest BCUT2D eigenvalue weighted by molar-refractivity contribution is -0.124. The molecule has 46 valence electrons. The monoisotopic (exact) mass is 115 g/mol. The Balaban J connectivity index is 2.34. The smallest absolute Gasteiger partial charge is 0.235 e. The molecule has 0 bridgehead atoms. The summed E-state index contributed by atoms with van der Waals surface area (Å²) in [5.41, 5.74) is 0. The molecule has 0 aromatic heterocycles. The molecule has 0 spiro atoms. The first-order valence-electron chi connectivity index (χ1n) is 2.55. The van der Waals surface area contributed by atoms with E-state index in [9.17, 15) is 4.79 Å². The molecule has 4 heteroatoms. The van der Waals surface area contributed by atoms with Gasteiger partial charge in [-0.1, -0.05) is 0 Å². The van der Waals surface area contributed by atoms with Crippen molar-refractivity contribution in [3.05, 3.63) is 0 Å². The summed E-state index contributed by atoms with van der Waals surface area (Å²) in [6.45, 7) is 1.76. The van der Waals surface area contributed by atoms with E-state index in [1.54, 1.807) is 0 Å². The van der Waals surface area contributed by atoms with Gasteiger partial charge in [0.2, 0.25) is 5.91 Å². The van der Waals surface area contributed by atoms with Crippen LogP contribution in [0.3, 0.4) is 0 Å². The number of hydrogen-bond donors (Lipinski definition) is 2. The molecule has 1 saturated heterocycles. The fourth-order valence-corrected chi connectivity index (χ4v) is 0.658. The summed E-state index contributed by atoms with van der Waals surface area (Å²) < 4.78 is 0. The van der Waals surface area contributed by atoms with Crippen molar-refractivity contribution in [3.63, 3.8) is 0 Å². The van der Waals surface area contributed by atoms with E-state index < -0.39 is 0 Å². The van der Waals surface area contributed by atoms with Gasteiger partial charge in [-0.05, 0) is 0 Å². The Morgan fingerprint density at radius 3 is 2.88 bits per heavy atom. The van der Waals surface area contributed by atoms with Gasteiger partial charge in [0.15, 0.2) is 0 Å². The first-order chi connectivity index (χ1) is 3.79. The summed E-state index contributed by atoms with van der Waals surface area (Å²) in [6, 6.07) is 0. The average Bonchev–Trinajstić information content (AvgIpc) is 1.64. The number of nitrogens with zero attached hydrogens (tertiary/aromatic N) is 1. The SMILES string of the molecule is NN1CCNC(=O)C1. The molecule has 0 aromatic rings. The van der Waals surface area contributed by atoms with Crippen molar-refractivity contribution in [2.45, 2.75) is 0 Å². The largest absolute Gasteiger partial charge is 0.354 e. The van der Waals surface area contributed by atoms with Crippen LogP contribution in [0.15, 0.2) is 0 Å². The van der Waals surface area contributed by atoms with E-state index >= 15 is 0 Å². The van der Waals surface area contributed by atoms with Crippen molar-refractivity contribution in [3.8, 4) is 0 Å². The topological polar surface area (TPSA) is 58.4 Å². The van der Waals surface area contributed by atoms with Crippen LogP contribution in [-0.4, -0.2) is 30.6 Å². The van der Waals surface area contributed by atoms with Crippen LogP contribution in [0, 0.1) is 0 Å². The molecule has 8 heavy (non-hydrogen) atoms. The van der Waals surface area contributed by atoms with Crippen LogP contribution in [0.25, 0.3) is 0 Å². The first-order valence-corrected chi connectivity index (χ1v) is 2.55. The molecule has 1 aliphatic rings. The number of amides is 1. The molecule has 0 aromatic carbocycles. The Morgan fingerprint density at radius 2 is 2.50 bits per heavy atom. The van der Waals surface area contributed by atoms with E-state index in [-0.39, 0.29) is 5.91 Å². The average molecular weight is 115 g/mol. The third-order valence-electron chi connectivity index (χ3n) is 1.07. The van der Waals surface area contributed by atoms with Crippen LogP contribution in [-0.2, 0) is 4.79 Å². The lowest BCUT2D eigenvalue weighted by Gasteiger charge is -2.20. The van der Waals surface area contributed by atoms with E-state index in [0.717, 1.165) is 6.54 Å². The number of carbonyl (C=O) groups is 1. The third-order valence-corrected chi connectivity index (χ3v) is 1.07. The molecule has 1 heterocycles. The van der Waals surface area contributed by atoms with Gasteiger partial charge in [-0.3, -0.25) is 10.6 Å². The number of carbonyl (C=O) groups excluding carboxylic acids is 1. The third kappa shape index (κ3) is 1.18. The number of hydrogen-bond acceptors (Lipinski definition) is 3. The number of hydrazine groups is 1. The summed E-state index contributed by atoms with van der Waals surface area (Å²) in [6.07, 6.45) is 0. The predicted octanol–water partition coefficient (Wildman–Crippen LogP) is -1.71. The molecule has 1 amide bonds. The van der Waals surface area contributed by atoms with E-state index in [4.69, 9.17) is 5.84 Å². The molecule has 0 atom stereocenters. The Hall–Kier alpha value is -0.610. The Bertz CT molecular complexity index is 103. The maximum Gasteiger partial charge on any atom is 0.235 e. The molecule has 0 saturated carbocycles. The summed E-state index contributed by atoms with van der Waals surface area (Å²) in [4.78, 5) is 10.4. The highest BCUT2D eigenvalue weighted by Gasteiger charge is 2.10. The van der Waals surface area contributed by atoms with Gasteiger partial charge < -0.3 is 5.32 Å². The van der Waals surface area contributed by atoms with Gasteiger partial charge in [-0.15, -0.1) is 0 Å². The fraction of sp³-hybridized carbons (Fsp3) is 0.750. The normalized spacial score (nSPS) is 22.9. The Morgan fingerprint density at radius 1 is 1.75 bits per heavy atom. The molecular weight excluding hydrogens is 106 g/mol. The van der Waals surface area contributed by atoms with Gasteiger partial charge in [-0.2, -0.15) is 0 Å². The first kappa shape index (κ1) is 5.53. The van der Waals surface area contributed by atoms with Gasteiger partial charge in [0.1, 0.15) is 0 Å². The van der Waals surface area contributed by atoms with Crippen molar-refractivity contribution in [2.75, 3.05) is 19.6 Å². The van der Waals surface area contributed by atoms with Gasteiger partial charge in [0.05, 0.1) is 6.54 Å². The highest BCUT2D eigenvalue weighted by Crippen LogP contribution is 1.81. The van der Waals surface area contributed by atoms with Crippen LogP contribution < -0.4 is 11.2 Å². The maximum absolute atomic E-state index is 10.4. The van der Waals surface area contributed by atoms with Crippen molar-refractivity contribution in [1.29, 1.82) is 0 Å². The van der Waals surface area contributed by atoms with Crippen molar-refractivity contribution < 1.29 is 4.79 Å². The van der Waals surface area contributed by atoms with Crippen LogP contribution in [0.2, 0.25) is 0 Å². The number of nitrogens with two attached hydrogens (primary N) is 1. The molecule has 4 nitrogen and oxygen atoms in total. The zero-order valence-electron chi connectivity index (χ0n) is 4.55. The highest BCUT2D eigenvalue weighted by atomic mass is 16.2. The Kier molecular flexibility index (Phi) is 1.45. The van der Waals surface area contributed by atoms with Crippen LogP contribution in [0.4, 0.5) is 0 Å².